The molecule has 4 nitrogen and oxygen atoms in total. The second-order valence-electron chi connectivity index (χ2n) is 6.49. The van der Waals surface area contributed by atoms with Crippen molar-refractivity contribution in [3.63, 3.8) is 0 Å². The Morgan fingerprint density at radius 2 is 2.00 bits per heavy atom. The van der Waals surface area contributed by atoms with Crippen LogP contribution in [0.3, 0.4) is 0 Å². The zero-order valence-electron chi connectivity index (χ0n) is 14.2. The number of ether oxygens (including phenoxy) is 1. The molecule has 0 radical (unpaired) electrons. The Bertz CT molecular complexity index is 557. The van der Waals surface area contributed by atoms with E-state index in [0.29, 0.717) is 6.04 Å². The molecule has 1 aromatic rings. The molecule has 0 atom stereocenters. The second-order valence-corrected chi connectivity index (χ2v) is 6.89. The van der Waals surface area contributed by atoms with Crippen LogP contribution in [0.25, 0.3) is 0 Å². The molecule has 1 saturated carbocycles. The Hall–Kier alpha value is -0.530. The van der Waals surface area contributed by atoms with E-state index in [9.17, 15) is 0 Å². The molecule has 1 heterocycles. The van der Waals surface area contributed by atoms with Crippen LogP contribution in [0, 0.1) is 0 Å². The number of benzene rings is 1. The van der Waals surface area contributed by atoms with Crippen LogP contribution in [-0.4, -0.2) is 38.3 Å². The van der Waals surface area contributed by atoms with Gasteiger partial charge in [0.05, 0.1) is 6.54 Å². The summed E-state index contributed by atoms with van der Waals surface area (Å²) < 4.78 is 5.59. The Kier molecular flexibility index (Phi) is 7.62. The third kappa shape index (κ3) is 4.99. The molecule has 2 aliphatic rings. The van der Waals surface area contributed by atoms with Gasteiger partial charge in [0.2, 0.25) is 0 Å². The van der Waals surface area contributed by atoms with Gasteiger partial charge in [-0.05, 0) is 44.2 Å². The molecule has 6 heteroatoms. The highest BCUT2D eigenvalue weighted by atomic mass is 127. The van der Waals surface area contributed by atoms with Crippen molar-refractivity contribution in [1.29, 1.82) is 0 Å². The number of hydrogen-bond acceptors (Lipinski definition) is 2. The van der Waals surface area contributed by atoms with Gasteiger partial charge in [0.15, 0.2) is 5.96 Å². The van der Waals surface area contributed by atoms with Crippen LogP contribution in [0.15, 0.2) is 29.3 Å². The second kappa shape index (κ2) is 9.25. The van der Waals surface area contributed by atoms with Crippen LogP contribution in [0.5, 0.6) is 0 Å². The lowest BCUT2D eigenvalue weighted by Crippen LogP contribution is -2.42. The van der Waals surface area contributed by atoms with E-state index in [1.807, 2.05) is 12.1 Å². The summed E-state index contributed by atoms with van der Waals surface area (Å²) in [6.45, 7) is 5.26. The average molecular weight is 464 g/mol. The molecule has 0 bridgehead atoms. The Morgan fingerprint density at radius 1 is 1.29 bits per heavy atom. The van der Waals surface area contributed by atoms with Crippen LogP contribution >= 0.6 is 35.6 Å². The fraction of sp³-hybridized carbons (Fsp3) is 0.611. The molecular formula is C18H27ClIN3O. The van der Waals surface area contributed by atoms with Gasteiger partial charge in [-0.15, -0.1) is 24.0 Å². The third-order valence-electron chi connectivity index (χ3n) is 4.70. The van der Waals surface area contributed by atoms with E-state index in [1.165, 1.54) is 18.4 Å². The molecule has 0 amide bonds. The number of halogens is 2. The topological polar surface area (TPSA) is 45.7 Å². The van der Waals surface area contributed by atoms with E-state index in [1.54, 1.807) is 0 Å². The summed E-state index contributed by atoms with van der Waals surface area (Å²) >= 11 is 6.50. The first-order chi connectivity index (χ1) is 11.2. The number of nitrogens with one attached hydrogen (secondary N) is 2. The number of aliphatic imine (C=N–C) groups is 1. The minimum absolute atomic E-state index is 0. The van der Waals surface area contributed by atoms with Gasteiger partial charge in [-0.2, -0.15) is 0 Å². The van der Waals surface area contributed by atoms with Crippen molar-refractivity contribution in [3.8, 4) is 0 Å². The highest BCUT2D eigenvalue weighted by Crippen LogP contribution is 2.38. The van der Waals surface area contributed by atoms with Crippen LogP contribution in [0.1, 0.15) is 38.2 Å². The first kappa shape index (κ1) is 19.8. The molecule has 1 aromatic carbocycles. The van der Waals surface area contributed by atoms with E-state index >= 15 is 0 Å². The van der Waals surface area contributed by atoms with E-state index in [-0.39, 0.29) is 29.4 Å². The molecule has 1 aliphatic carbocycles. The van der Waals surface area contributed by atoms with Crippen LogP contribution in [0.4, 0.5) is 0 Å². The SMILES string of the molecule is CCNC(=NCC1(c2ccccc2Cl)CCOCC1)NC1CC1.I. The lowest BCUT2D eigenvalue weighted by molar-refractivity contribution is 0.0531. The highest BCUT2D eigenvalue weighted by Gasteiger charge is 2.36. The normalized spacial score (nSPS) is 20.2. The maximum absolute atomic E-state index is 6.50. The lowest BCUT2D eigenvalue weighted by Gasteiger charge is -2.37. The Balaban J connectivity index is 0.00000208. The minimum atomic E-state index is -0.0253. The summed E-state index contributed by atoms with van der Waals surface area (Å²) in [6, 6.07) is 8.77. The summed E-state index contributed by atoms with van der Waals surface area (Å²) in [5, 5.41) is 7.68. The minimum Gasteiger partial charge on any atom is -0.381 e. The molecule has 0 unspecified atom stereocenters. The number of nitrogens with zero attached hydrogens (tertiary/aromatic N) is 1. The zero-order chi connectivity index (χ0) is 16.1. The first-order valence-electron chi connectivity index (χ1n) is 8.61. The number of guanidine groups is 1. The predicted octanol–water partition coefficient (Wildman–Crippen LogP) is 3.72. The summed E-state index contributed by atoms with van der Waals surface area (Å²) in [5.41, 5.74) is 1.18. The van der Waals surface area contributed by atoms with Crippen LogP contribution in [-0.2, 0) is 10.2 Å². The first-order valence-corrected chi connectivity index (χ1v) is 8.99. The third-order valence-corrected chi connectivity index (χ3v) is 5.03. The molecule has 2 fully saturated rings. The maximum Gasteiger partial charge on any atom is 0.191 e. The fourth-order valence-corrected chi connectivity index (χ4v) is 3.47. The molecule has 3 rings (SSSR count). The van der Waals surface area contributed by atoms with Crippen molar-refractivity contribution in [2.24, 2.45) is 4.99 Å². The van der Waals surface area contributed by atoms with Crippen molar-refractivity contribution in [2.75, 3.05) is 26.3 Å². The van der Waals surface area contributed by atoms with Crippen molar-refractivity contribution >= 4 is 41.5 Å². The van der Waals surface area contributed by atoms with Gasteiger partial charge in [0.25, 0.3) is 0 Å². The van der Waals surface area contributed by atoms with Crippen molar-refractivity contribution < 1.29 is 4.74 Å². The quantitative estimate of drug-likeness (QED) is 0.397. The van der Waals surface area contributed by atoms with Gasteiger partial charge in [0, 0.05) is 36.2 Å². The summed E-state index contributed by atoms with van der Waals surface area (Å²) in [6.07, 6.45) is 4.41. The van der Waals surface area contributed by atoms with Gasteiger partial charge < -0.3 is 15.4 Å². The Morgan fingerprint density at radius 3 is 2.62 bits per heavy atom. The Labute approximate surface area is 166 Å². The number of rotatable bonds is 5. The summed E-state index contributed by atoms with van der Waals surface area (Å²) in [5.74, 6) is 0.924. The van der Waals surface area contributed by atoms with E-state index in [2.05, 4.69) is 29.7 Å². The maximum atomic E-state index is 6.50. The lowest BCUT2D eigenvalue weighted by atomic mass is 9.74. The molecule has 2 N–H and O–H groups in total. The van der Waals surface area contributed by atoms with Crippen molar-refractivity contribution in [3.05, 3.63) is 34.9 Å². The monoisotopic (exact) mass is 463 g/mol. The fourth-order valence-electron chi connectivity index (χ4n) is 3.14. The molecule has 0 aromatic heterocycles. The van der Waals surface area contributed by atoms with Crippen LogP contribution < -0.4 is 10.6 Å². The molecule has 24 heavy (non-hydrogen) atoms. The molecule has 1 aliphatic heterocycles. The van der Waals surface area contributed by atoms with Gasteiger partial charge in [-0.3, -0.25) is 4.99 Å². The van der Waals surface area contributed by atoms with Gasteiger partial charge in [0.1, 0.15) is 0 Å². The molecule has 134 valence electrons. The van der Waals surface area contributed by atoms with Crippen LogP contribution in [0.2, 0.25) is 5.02 Å². The summed E-state index contributed by atoms with van der Waals surface area (Å²) in [4.78, 5) is 4.89. The van der Waals surface area contributed by atoms with Gasteiger partial charge in [-0.25, -0.2) is 0 Å². The standard InChI is InChI=1S/C18H26ClN3O.HI/c1-2-20-17(22-14-7-8-14)21-13-18(9-11-23-12-10-18)15-5-3-4-6-16(15)19;/h3-6,14H,2,7-13H2,1H3,(H2,20,21,22);1H. The van der Waals surface area contributed by atoms with Gasteiger partial charge in [-0.1, -0.05) is 29.8 Å². The highest BCUT2D eigenvalue weighted by molar-refractivity contribution is 14.0. The average Bonchev–Trinajstić information content (AvgIpc) is 3.38. The smallest absolute Gasteiger partial charge is 0.191 e. The number of hydrogen-bond donors (Lipinski definition) is 2. The molecule has 0 spiro atoms. The van der Waals surface area contributed by atoms with E-state index < -0.39 is 0 Å². The van der Waals surface area contributed by atoms with Crippen molar-refractivity contribution in [1.82, 2.24) is 10.6 Å². The zero-order valence-corrected chi connectivity index (χ0v) is 17.3. The summed E-state index contributed by atoms with van der Waals surface area (Å²) in [7, 11) is 0. The predicted molar refractivity (Wildman–Crippen MR) is 111 cm³/mol. The largest absolute Gasteiger partial charge is 0.381 e. The van der Waals surface area contributed by atoms with E-state index in [0.717, 1.165) is 50.1 Å². The van der Waals surface area contributed by atoms with E-state index in [4.69, 9.17) is 21.3 Å². The van der Waals surface area contributed by atoms with Gasteiger partial charge >= 0.3 is 0 Å². The van der Waals surface area contributed by atoms with Crippen molar-refractivity contribution in [2.45, 2.75) is 44.1 Å². The molecular weight excluding hydrogens is 437 g/mol. The molecule has 1 saturated heterocycles.